The second-order valence-electron chi connectivity index (χ2n) is 5.18. The lowest BCUT2D eigenvalue weighted by atomic mass is 10.1. The quantitative estimate of drug-likeness (QED) is 0.584. The van der Waals surface area contributed by atoms with Crippen molar-refractivity contribution in [2.45, 2.75) is 20.8 Å². The van der Waals surface area contributed by atoms with Gasteiger partial charge in [0, 0.05) is 4.88 Å². The number of nitrogens with one attached hydrogen (secondary N) is 1. The smallest absolute Gasteiger partial charge is 0.158 e. The molecule has 0 radical (unpaired) electrons. The highest BCUT2D eigenvalue weighted by Gasteiger charge is 2.11. The summed E-state index contributed by atoms with van der Waals surface area (Å²) in [5.41, 5.74) is 6.65. The van der Waals surface area contributed by atoms with Gasteiger partial charge in [0.15, 0.2) is 5.82 Å². The molecule has 0 fully saturated rings. The van der Waals surface area contributed by atoms with Crippen molar-refractivity contribution in [1.29, 1.82) is 5.26 Å². The van der Waals surface area contributed by atoms with Gasteiger partial charge in [-0.05, 0) is 44.0 Å². The van der Waals surface area contributed by atoms with Gasteiger partial charge >= 0.3 is 0 Å². The van der Waals surface area contributed by atoms with Crippen molar-refractivity contribution in [1.82, 2.24) is 9.97 Å². The highest BCUT2D eigenvalue weighted by Crippen LogP contribution is 2.32. The van der Waals surface area contributed by atoms with Crippen molar-refractivity contribution in [3.63, 3.8) is 0 Å². The molecule has 0 atom stereocenters. The Kier molecular flexibility index (Phi) is 4.04. The third-order valence-electron chi connectivity index (χ3n) is 3.73. The number of nitriles is 1. The molecule has 114 valence electrons. The standard InChI is InChI=1S/C17H15N5S/c1-10-12(3)23-17-15(10)16(19-9-20-17)22-21-11(2)14-6-4-13(8-18)5-7-14/h4-7,9H,1-3H3,(H,19,20,22)/b21-11+. The molecule has 3 rings (SSSR count). The fraction of sp³-hybridized carbons (Fsp3) is 0.176. The summed E-state index contributed by atoms with van der Waals surface area (Å²) < 4.78 is 0. The zero-order chi connectivity index (χ0) is 16.4. The van der Waals surface area contributed by atoms with Gasteiger partial charge in [0.05, 0.1) is 22.7 Å². The lowest BCUT2D eigenvalue weighted by Crippen LogP contribution is -2.01. The fourth-order valence-corrected chi connectivity index (χ4v) is 3.25. The van der Waals surface area contributed by atoms with E-state index in [9.17, 15) is 0 Å². The molecule has 1 aromatic carbocycles. The zero-order valence-corrected chi connectivity index (χ0v) is 13.9. The molecular weight excluding hydrogens is 306 g/mol. The minimum Gasteiger partial charge on any atom is -0.260 e. The summed E-state index contributed by atoms with van der Waals surface area (Å²) in [6.07, 6.45) is 1.55. The molecule has 0 unspecified atom stereocenters. The molecule has 23 heavy (non-hydrogen) atoms. The van der Waals surface area contributed by atoms with Crippen LogP contribution in [-0.4, -0.2) is 15.7 Å². The number of nitrogens with zero attached hydrogens (tertiary/aromatic N) is 4. The predicted molar refractivity (Wildman–Crippen MR) is 93.9 cm³/mol. The summed E-state index contributed by atoms with van der Waals surface area (Å²) in [6, 6.07) is 9.44. The number of thiophene rings is 1. The number of benzene rings is 1. The van der Waals surface area contributed by atoms with Gasteiger partial charge in [0.2, 0.25) is 0 Å². The predicted octanol–water partition coefficient (Wildman–Crippen LogP) is 4.02. The number of hydrazone groups is 1. The largest absolute Gasteiger partial charge is 0.260 e. The van der Waals surface area contributed by atoms with Crippen molar-refractivity contribution in [2.75, 3.05) is 5.43 Å². The van der Waals surface area contributed by atoms with Gasteiger partial charge in [-0.15, -0.1) is 11.3 Å². The normalized spacial score (nSPS) is 11.5. The van der Waals surface area contributed by atoms with E-state index in [-0.39, 0.29) is 0 Å². The van der Waals surface area contributed by atoms with Crippen LogP contribution < -0.4 is 5.43 Å². The Morgan fingerprint density at radius 1 is 1.22 bits per heavy atom. The Labute approximate surface area is 138 Å². The molecule has 5 nitrogen and oxygen atoms in total. The fourth-order valence-electron chi connectivity index (χ4n) is 2.25. The number of aromatic nitrogens is 2. The summed E-state index contributed by atoms with van der Waals surface area (Å²) in [5.74, 6) is 0.713. The Bertz CT molecular complexity index is 932. The van der Waals surface area contributed by atoms with E-state index in [1.54, 1.807) is 29.8 Å². The van der Waals surface area contributed by atoms with Crippen molar-refractivity contribution in [3.05, 3.63) is 52.2 Å². The first-order valence-electron chi connectivity index (χ1n) is 7.11. The summed E-state index contributed by atoms with van der Waals surface area (Å²) in [5, 5.41) is 14.3. The molecule has 2 aromatic heterocycles. The van der Waals surface area contributed by atoms with Crippen LogP contribution in [0.1, 0.15) is 28.5 Å². The van der Waals surface area contributed by atoms with Crippen LogP contribution in [0.15, 0.2) is 35.7 Å². The van der Waals surface area contributed by atoms with E-state index in [4.69, 9.17) is 5.26 Å². The molecule has 0 amide bonds. The van der Waals surface area contributed by atoms with E-state index in [1.807, 2.05) is 19.1 Å². The van der Waals surface area contributed by atoms with Crippen LogP contribution >= 0.6 is 11.3 Å². The monoisotopic (exact) mass is 321 g/mol. The third-order valence-corrected chi connectivity index (χ3v) is 4.84. The van der Waals surface area contributed by atoms with E-state index in [0.717, 1.165) is 21.5 Å². The van der Waals surface area contributed by atoms with Gasteiger partial charge < -0.3 is 0 Å². The van der Waals surface area contributed by atoms with Crippen LogP contribution in [0.2, 0.25) is 0 Å². The zero-order valence-electron chi connectivity index (χ0n) is 13.1. The van der Waals surface area contributed by atoms with Gasteiger partial charge in [-0.3, -0.25) is 5.43 Å². The van der Waals surface area contributed by atoms with E-state index >= 15 is 0 Å². The van der Waals surface area contributed by atoms with Gasteiger partial charge in [-0.2, -0.15) is 10.4 Å². The minimum atomic E-state index is 0.636. The van der Waals surface area contributed by atoms with Gasteiger partial charge in [-0.1, -0.05) is 12.1 Å². The highest BCUT2D eigenvalue weighted by atomic mass is 32.1. The first-order valence-corrected chi connectivity index (χ1v) is 7.93. The van der Waals surface area contributed by atoms with Crippen LogP contribution in [0, 0.1) is 25.2 Å². The van der Waals surface area contributed by atoms with Crippen LogP contribution in [0.25, 0.3) is 10.2 Å². The second kappa shape index (κ2) is 6.15. The van der Waals surface area contributed by atoms with E-state index in [2.05, 4.69) is 40.4 Å². The summed E-state index contributed by atoms with van der Waals surface area (Å²) in [6.45, 7) is 6.06. The first kappa shape index (κ1) is 15.1. The second-order valence-corrected chi connectivity index (χ2v) is 6.39. The van der Waals surface area contributed by atoms with Crippen molar-refractivity contribution in [3.8, 4) is 6.07 Å². The van der Waals surface area contributed by atoms with Crippen molar-refractivity contribution in [2.24, 2.45) is 5.10 Å². The maximum Gasteiger partial charge on any atom is 0.158 e. The van der Waals surface area contributed by atoms with Gasteiger partial charge in [0.25, 0.3) is 0 Å². The van der Waals surface area contributed by atoms with E-state index in [0.29, 0.717) is 11.4 Å². The topological polar surface area (TPSA) is 74.0 Å². The molecule has 1 N–H and O–H groups in total. The molecule has 0 saturated carbocycles. The van der Waals surface area contributed by atoms with Gasteiger partial charge in [0.1, 0.15) is 11.2 Å². The molecule has 0 aliphatic heterocycles. The minimum absolute atomic E-state index is 0.636. The number of anilines is 1. The average molecular weight is 321 g/mol. The Balaban J connectivity index is 1.91. The number of fused-ring (bicyclic) bond motifs is 1. The molecule has 6 heteroatoms. The number of aryl methyl sites for hydroxylation is 2. The molecule has 0 aliphatic carbocycles. The lowest BCUT2D eigenvalue weighted by Gasteiger charge is -2.05. The summed E-state index contributed by atoms with van der Waals surface area (Å²) in [4.78, 5) is 10.8. The molecule has 2 heterocycles. The molecule has 0 aliphatic rings. The van der Waals surface area contributed by atoms with Gasteiger partial charge in [-0.25, -0.2) is 9.97 Å². The maximum absolute atomic E-state index is 8.84. The summed E-state index contributed by atoms with van der Waals surface area (Å²) >= 11 is 1.66. The number of hydrogen-bond acceptors (Lipinski definition) is 6. The maximum atomic E-state index is 8.84. The highest BCUT2D eigenvalue weighted by molar-refractivity contribution is 7.18. The Morgan fingerprint density at radius 3 is 2.65 bits per heavy atom. The first-order chi connectivity index (χ1) is 11.1. The molecule has 0 bridgehead atoms. The molecule has 3 aromatic rings. The van der Waals surface area contributed by atoms with E-state index < -0.39 is 0 Å². The van der Waals surface area contributed by atoms with Crippen LogP contribution in [0.4, 0.5) is 5.82 Å². The summed E-state index contributed by atoms with van der Waals surface area (Å²) in [7, 11) is 0. The third kappa shape index (κ3) is 2.91. The SMILES string of the molecule is C/C(=N\Nc1ncnc2sc(C)c(C)c12)c1ccc(C#N)cc1. The average Bonchev–Trinajstić information content (AvgIpc) is 2.88. The van der Waals surface area contributed by atoms with Crippen molar-refractivity contribution < 1.29 is 0 Å². The molecule has 0 spiro atoms. The molecule has 0 saturated heterocycles. The van der Waals surface area contributed by atoms with E-state index in [1.165, 1.54) is 10.4 Å². The number of hydrogen-bond donors (Lipinski definition) is 1. The Hall–Kier alpha value is -2.78. The Morgan fingerprint density at radius 2 is 1.96 bits per heavy atom. The van der Waals surface area contributed by atoms with Crippen LogP contribution in [-0.2, 0) is 0 Å². The molecular formula is C17H15N5S. The van der Waals surface area contributed by atoms with Crippen LogP contribution in [0.3, 0.4) is 0 Å². The lowest BCUT2D eigenvalue weighted by molar-refractivity contribution is 1.18. The van der Waals surface area contributed by atoms with Crippen molar-refractivity contribution >= 4 is 33.1 Å². The number of rotatable bonds is 3. The van der Waals surface area contributed by atoms with Crippen LogP contribution in [0.5, 0.6) is 0 Å².